The number of hydrogen-bond donors (Lipinski definition) is 1. The van der Waals surface area contributed by atoms with Gasteiger partial charge in [0.1, 0.15) is 19.1 Å². The molecule has 166 valence electrons. The van der Waals surface area contributed by atoms with E-state index in [1.165, 1.54) is 18.2 Å². The number of nitrogens with one attached hydrogen (secondary N) is 1. The van der Waals surface area contributed by atoms with Gasteiger partial charge < -0.3 is 10.1 Å². The van der Waals surface area contributed by atoms with Crippen molar-refractivity contribution < 1.29 is 18.3 Å². The summed E-state index contributed by atoms with van der Waals surface area (Å²) >= 11 is 5.92. The van der Waals surface area contributed by atoms with E-state index in [0.717, 1.165) is 5.56 Å². The fourth-order valence-corrected chi connectivity index (χ4v) is 3.22. The highest BCUT2D eigenvalue weighted by atomic mass is 35.5. The van der Waals surface area contributed by atoms with Crippen molar-refractivity contribution in [3.63, 3.8) is 0 Å². The molecule has 32 heavy (non-hydrogen) atoms. The van der Waals surface area contributed by atoms with Gasteiger partial charge >= 0.3 is 6.09 Å². The van der Waals surface area contributed by atoms with Crippen molar-refractivity contribution in [1.82, 2.24) is 10.3 Å². The van der Waals surface area contributed by atoms with Crippen LogP contribution in [0, 0.1) is 5.82 Å². The van der Waals surface area contributed by atoms with Gasteiger partial charge in [-0.05, 0) is 60.9 Å². The minimum absolute atomic E-state index is 0.0533. The van der Waals surface area contributed by atoms with Crippen LogP contribution in [0.25, 0.3) is 16.8 Å². The van der Waals surface area contributed by atoms with Gasteiger partial charge in [0.15, 0.2) is 0 Å². The Morgan fingerprint density at radius 1 is 1.19 bits per heavy atom. The lowest BCUT2D eigenvalue weighted by molar-refractivity contribution is 0.122. The third kappa shape index (κ3) is 5.51. The average Bonchev–Trinajstić information content (AvgIpc) is 2.79. The molecule has 1 atom stereocenters. The Morgan fingerprint density at radius 2 is 1.91 bits per heavy atom. The SMILES string of the molecule is C=C(C)c1cc(C(C)(CF)NC(=O)OCc2ccccc2)cc(-c2ccc(F)c(Cl)c2)n1. The Labute approximate surface area is 190 Å². The molecule has 1 aromatic heterocycles. The van der Waals surface area contributed by atoms with Crippen LogP contribution in [0.2, 0.25) is 5.02 Å². The topological polar surface area (TPSA) is 51.2 Å². The first-order valence-corrected chi connectivity index (χ1v) is 10.3. The van der Waals surface area contributed by atoms with Crippen LogP contribution in [0.4, 0.5) is 13.6 Å². The molecule has 1 amide bonds. The number of nitrogens with zero attached hydrogens (tertiary/aromatic N) is 1. The van der Waals surface area contributed by atoms with E-state index >= 15 is 0 Å². The number of benzene rings is 2. The normalized spacial score (nSPS) is 12.7. The van der Waals surface area contributed by atoms with Crippen LogP contribution >= 0.6 is 11.6 Å². The van der Waals surface area contributed by atoms with Crippen LogP contribution in [0.15, 0.2) is 67.2 Å². The number of alkyl halides is 1. The molecule has 0 spiro atoms. The highest BCUT2D eigenvalue weighted by molar-refractivity contribution is 6.31. The molecule has 0 bridgehead atoms. The Hall–Kier alpha value is -3.25. The number of pyridine rings is 1. The van der Waals surface area contributed by atoms with E-state index in [2.05, 4.69) is 16.9 Å². The molecule has 0 radical (unpaired) electrons. The summed E-state index contributed by atoms with van der Waals surface area (Å²) in [6.07, 6.45) is -0.755. The van der Waals surface area contributed by atoms with Crippen molar-refractivity contribution in [2.75, 3.05) is 6.67 Å². The number of allylic oxidation sites excluding steroid dienone is 1. The lowest BCUT2D eigenvalue weighted by Gasteiger charge is -2.29. The molecule has 0 aliphatic carbocycles. The summed E-state index contributed by atoms with van der Waals surface area (Å²) in [6.45, 7) is 6.39. The molecular weight excluding hydrogens is 434 g/mol. The molecule has 0 aliphatic heterocycles. The van der Waals surface area contributed by atoms with Crippen LogP contribution in [-0.4, -0.2) is 17.8 Å². The number of carbonyl (C=O) groups excluding carboxylic acids is 1. The van der Waals surface area contributed by atoms with Gasteiger partial charge in [0, 0.05) is 5.56 Å². The zero-order chi connectivity index (χ0) is 23.3. The Kier molecular flexibility index (Phi) is 7.26. The van der Waals surface area contributed by atoms with Gasteiger partial charge in [-0.15, -0.1) is 0 Å². The third-order valence-corrected chi connectivity index (χ3v) is 5.26. The highest BCUT2D eigenvalue weighted by Gasteiger charge is 2.31. The summed E-state index contributed by atoms with van der Waals surface area (Å²) in [5.74, 6) is -0.553. The first-order valence-electron chi connectivity index (χ1n) is 9.90. The molecule has 0 fully saturated rings. The van der Waals surface area contributed by atoms with Gasteiger partial charge in [-0.25, -0.2) is 18.6 Å². The predicted molar refractivity (Wildman–Crippen MR) is 122 cm³/mol. The number of amides is 1. The predicted octanol–water partition coefficient (Wildman–Crippen LogP) is 6.69. The molecule has 1 N–H and O–H groups in total. The molecule has 3 rings (SSSR count). The molecule has 1 unspecified atom stereocenters. The zero-order valence-corrected chi connectivity index (χ0v) is 18.5. The molecule has 2 aromatic carbocycles. The lowest BCUT2D eigenvalue weighted by atomic mass is 9.91. The van der Waals surface area contributed by atoms with Gasteiger partial charge in [0.25, 0.3) is 0 Å². The third-order valence-electron chi connectivity index (χ3n) is 4.97. The van der Waals surface area contributed by atoms with Crippen molar-refractivity contribution >= 4 is 23.3 Å². The minimum atomic E-state index is -1.39. The summed E-state index contributed by atoms with van der Waals surface area (Å²) in [5.41, 5.74) is 2.04. The highest BCUT2D eigenvalue weighted by Crippen LogP contribution is 2.30. The lowest BCUT2D eigenvalue weighted by Crippen LogP contribution is -2.45. The van der Waals surface area contributed by atoms with Gasteiger partial charge in [-0.1, -0.05) is 48.5 Å². The van der Waals surface area contributed by atoms with Crippen LogP contribution in [0.3, 0.4) is 0 Å². The van der Waals surface area contributed by atoms with Gasteiger partial charge in [-0.2, -0.15) is 0 Å². The molecule has 7 heteroatoms. The van der Waals surface area contributed by atoms with E-state index in [4.69, 9.17) is 16.3 Å². The number of aromatic nitrogens is 1. The molecule has 1 heterocycles. The van der Waals surface area contributed by atoms with Crippen LogP contribution < -0.4 is 5.32 Å². The largest absolute Gasteiger partial charge is 0.445 e. The maximum Gasteiger partial charge on any atom is 0.408 e. The molecule has 0 saturated carbocycles. The van der Waals surface area contributed by atoms with Crippen molar-refractivity contribution in [1.29, 1.82) is 0 Å². The van der Waals surface area contributed by atoms with Crippen molar-refractivity contribution in [2.24, 2.45) is 0 Å². The molecule has 0 saturated heterocycles. The van der Waals surface area contributed by atoms with E-state index in [0.29, 0.717) is 28.1 Å². The van der Waals surface area contributed by atoms with Gasteiger partial charge in [-0.3, -0.25) is 0 Å². The quantitative estimate of drug-likeness (QED) is 0.431. The zero-order valence-electron chi connectivity index (χ0n) is 17.8. The van der Waals surface area contributed by atoms with E-state index in [-0.39, 0.29) is 11.6 Å². The number of alkyl carbamates (subject to hydrolysis) is 1. The molecular formula is C25H23ClF2N2O2. The number of halogens is 3. The Balaban J connectivity index is 1.91. The molecule has 3 aromatic rings. The monoisotopic (exact) mass is 456 g/mol. The maximum absolute atomic E-state index is 14.3. The first-order chi connectivity index (χ1) is 15.2. The summed E-state index contributed by atoms with van der Waals surface area (Å²) in [6, 6.07) is 16.7. The van der Waals surface area contributed by atoms with E-state index in [1.54, 1.807) is 26.0 Å². The second kappa shape index (κ2) is 9.92. The number of hydrogen-bond acceptors (Lipinski definition) is 3. The summed E-state index contributed by atoms with van der Waals surface area (Å²) < 4.78 is 33.1. The van der Waals surface area contributed by atoms with Crippen LogP contribution in [0.5, 0.6) is 0 Å². The molecule has 4 nitrogen and oxygen atoms in total. The Morgan fingerprint density at radius 3 is 2.53 bits per heavy atom. The summed E-state index contributed by atoms with van der Waals surface area (Å²) in [7, 11) is 0. The minimum Gasteiger partial charge on any atom is -0.445 e. The standard InChI is InChI=1S/C25H23ClF2N2O2/c1-16(2)22-12-19(13-23(29-22)18-9-10-21(28)20(26)11-18)25(3,15-27)30-24(31)32-14-17-7-5-4-6-8-17/h4-13H,1,14-15H2,2-3H3,(H,30,31). The van der Waals surface area contributed by atoms with Crippen LogP contribution in [-0.2, 0) is 16.9 Å². The smallest absolute Gasteiger partial charge is 0.408 e. The van der Waals surface area contributed by atoms with Crippen LogP contribution in [0.1, 0.15) is 30.7 Å². The second-order valence-corrected chi connectivity index (χ2v) is 8.10. The molecule has 0 aliphatic rings. The maximum atomic E-state index is 14.3. The van der Waals surface area contributed by atoms with Gasteiger partial charge in [0.2, 0.25) is 0 Å². The van der Waals surface area contributed by atoms with E-state index in [1.807, 2.05) is 30.3 Å². The van der Waals surface area contributed by atoms with Crippen molar-refractivity contribution in [2.45, 2.75) is 26.0 Å². The van der Waals surface area contributed by atoms with E-state index in [9.17, 15) is 13.6 Å². The number of rotatable bonds is 7. The average molecular weight is 457 g/mol. The first kappa shape index (κ1) is 23.4. The van der Waals surface area contributed by atoms with Crippen molar-refractivity contribution in [3.05, 3.63) is 94.9 Å². The fraction of sp³-hybridized carbons (Fsp3) is 0.200. The second-order valence-electron chi connectivity index (χ2n) is 7.69. The Bertz CT molecular complexity index is 1140. The van der Waals surface area contributed by atoms with E-state index < -0.39 is 24.1 Å². The summed E-state index contributed by atoms with van der Waals surface area (Å²) in [4.78, 5) is 17.0. The number of ether oxygens (including phenoxy) is 1. The summed E-state index contributed by atoms with van der Waals surface area (Å²) in [5, 5.41) is 2.56. The fourth-order valence-electron chi connectivity index (χ4n) is 3.04. The van der Waals surface area contributed by atoms with Crippen molar-refractivity contribution in [3.8, 4) is 11.3 Å². The number of carbonyl (C=O) groups is 1. The van der Waals surface area contributed by atoms with Gasteiger partial charge in [0.05, 0.1) is 21.9 Å².